The van der Waals surface area contributed by atoms with Crippen molar-refractivity contribution in [2.24, 2.45) is 5.18 Å². The average molecular weight is 225 g/mol. The normalized spacial score (nSPS) is 19.6. The van der Waals surface area contributed by atoms with Gasteiger partial charge in [-0.15, -0.1) is 4.91 Å². The molecule has 0 radical (unpaired) electrons. The summed E-state index contributed by atoms with van der Waals surface area (Å²) in [7, 11) is 1.86. The Kier molecular flexibility index (Phi) is 4.98. The molecule has 0 N–H and O–H groups in total. The molecule has 0 spiro atoms. The summed E-state index contributed by atoms with van der Waals surface area (Å²) in [6, 6.07) is 0. The van der Waals surface area contributed by atoms with Crippen molar-refractivity contribution < 1.29 is 4.74 Å². The van der Waals surface area contributed by atoms with Gasteiger partial charge in [-0.3, -0.25) is 0 Å². The maximum atomic E-state index is 10.2. The topological polar surface area (TPSA) is 45.1 Å². The highest BCUT2D eigenvalue weighted by Crippen LogP contribution is 2.18. The van der Waals surface area contributed by atoms with E-state index in [0.29, 0.717) is 6.73 Å². The molecule has 1 unspecified atom stereocenters. The molecule has 0 saturated carbocycles. The first-order valence-electron chi connectivity index (χ1n) is 5.51. The van der Waals surface area contributed by atoms with Crippen molar-refractivity contribution in [1.82, 2.24) is 9.80 Å². The van der Waals surface area contributed by atoms with Gasteiger partial charge in [0.2, 0.25) is 0 Å². The van der Waals surface area contributed by atoms with Crippen LogP contribution in [-0.4, -0.2) is 29.7 Å². The highest BCUT2D eigenvalue weighted by Gasteiger charge is 2.17. The SMILES string of the molecule is CCCC(C)OCN1C=CN(C)/C1=C/N=O. The molecular formula is C11H19N3O2. The molecular weight excluding hydrogens is 206 g/mol. The van der Waals surface area contributed by atoms with E-state index in [1.54, 1.807) is 0 Å². The van der Waals surface area contributed by atoms with Crippen LogP contribution in [0.25, 0.3) is 0 Å². The largest absolute Gasteiger partial charge is 0.358 e. The van der Waals surface area contributed by atoms with E-state index in [4.69, 9.17) is 4.74 Å². The van der Waals surface area contributed by atoms with Crippen molar-refractivity contribution in [3.8, 4) is 0 Å². The van der Waals surface area contributed by atoms with E-state index in [9.17, 15) is 4.91 Å². The van der Waals surface area contributed by atoms with Crippen molar-refractivity contribution in [2.45, 2.75) is 32.8 Å². The summed E-state index contributed by atoms with van der Waals surface area (Å²) in [4.78, 5) is 13.9. The third kappa shape index (κ3) is 3.34. The quantitative estimate of drug-likeness (QED) is 0.651. The second-order valence-corrected chi connectivity index (χ2v) is 3.87. The van der Waals surface area contributed by atoms with E-state index in [-0.39, 0.29) is 6.10 Å². The first-order chi connectivity index (χ1) is 7.69. The minimum absolute atomic E-state index is 0.231. The third-order valence-electron chi connectivity index (χ3n) is 2.49. The molecule has 1 aliphatic heterocycles. The molecule has 1 rings (SSSR count). The van der Waals surface area contributed by atoms with E-state index in [1.807, 2.05) is 36.2 Å². The minimum atomic E-state index is 0.231. The van der Waals surface area contributed by atoms with Gasteiger partial charge < -0.3 is 14.5 Å². The van der Waals surface area contributed by atoms with Gasteiger partial charge in [-0.25, -0.2) is 0 Å². The molecule has 1 aliphatic rings. The van der Waals surface area contributed by atoms with Crippen LogP contribution in [-0.2, 0) is 4.74 Å². The summed E-state index contributed by atoms with van der Waals surface area (Å²) in [6.45, 7) is 4.63. The second kappa shape index (κ2) is 6.27. The number of ether oxygens (including phenoxy) is 1. The molecule has 0 aliphatic carbocycles. The van der Waals surface area contributed by atoms with E-state index in [2.05, 4.69) is 12.1 Å². The summed E-state index contributed by atoms with van der Waals surface area (Å²) in [5.74, 6) is 0.735. The molecule has 0 fully saturated rings. The van der Waals surface area contributed by atoms with Gasteiger partial charge in [0.1, 0.15) is 18.8 Å². The van der Waals surface area contributed by atoms with Crippen LogP contribution < -0.4 is 0 Å². The van der Waals surface area contributed by atoms with Crippen LogP contribution >= 0.6 is 0 Å². The van der Waals surface area contributed by atoms with Gasteiger partial charge in [-0.05, 0) is 18.5 Å². The number of nitrogens with zero attached hydrogens (tertiary/aromatic N) is 3. The molecule has 0 aromatic carbocycles. The van der Waals surface area contributed by atoms with Gasteiger partial charge in [0, 0.05) is 19.4 Å². The summed E-state index contributed by atoms with van der Waals surface area (Å²) >= 11 is 0. The lowest BCUT2D eigenvalue weighted by molar-refractivity contribution is 0.00908. The highest BCUT2D eigenvalue weighted by atomic mass is 16.5. The fraction of sp³-hybridized carbons (Fsp3) is 0.636. The van der Waals surface area contributed by atoms with Crippen molar-refractivity contribution in [3.05, 3.63) is 29.3 Å². The van der Waals surface area contributed by atoms with Crippen molar-refractivity contribution in [3.63, 3.8) is 0 Å². The smallest absolute Gasteiger partial charge is 0.136 e. The second-order valence-electron chi connectivity index (χ2n) is 3.87. The summed E-state index contributed by atoms with van der Waals surface area (Å²) in [6.07, 6.45) is 7.40. The zero-order valence-corrected chi connectivity index (χ0v) is 10.1. The fourth-order valence-electron chi connectivity index (χ4n) is 1.55. The Morgan fingerprint density at radius 1 is 1.56 bits per heavy atom. The zero-order valence-electron chi connectivity index (χ0n) is 10.1. The molecule has 0 saturated heterocycles. The molecule has 90 valence electrons. The van der Waals surface area contributed by atoms with Crippen LogP contribution in [0.3, 0.4) is 0 Å². The van der Waals surface area contributed by atoms with Crippen LogP contribution in [0, 0.1) is 4.91 Å². The highest BCUT2D eigenvalue weighted by molar-refractivity contribution is 5.12. The Morgan fingerprint density at radius 2 is 2.31 bits per heavy atom. The molecule has 1 atom stereocenters. The first-order valence-corrected chi connectivity index (χ1v) is 5.51. The van der Waals surface area contributed by atoms with Crippen LogP contribution in [0.15, 0.2) is 29.6 Å². The predicted octanol–water partition coefficient (Wildman–Crippen LogP) is 2.43. The number of rotatable bonds is 6. The lowest BCUT2D eigenvalue weighted by atomic mass is 10.2. The van der Waals surface area contributed by atoms with Crippen molar-refractivity contribution >= 4 is 0 Å². The number of hydrogen-bond acceptors (Lipinski definition) is 5. The third-order valence-corrected chi connectivity index (χ3v) is 2.49. The lowest BCUT2D eigenvalue weighted by Gasteiger charge is -2.22. The maximum Gasteiger partial charge on any atom is 0.136 e. The molecule has 5 nitrogen and oxygen atoms in total. The minimum Gasteiger partial charge on any atom is -0.358 e. The Morgan fingerprint density at radius 3 is 2.94 bits per heavy atom. The van der Waals surface area contributed by atoms with Gasteiger partial charge in [-0.2, -0.15) is 0 Å². The molecule has 0 aromatic heterocycles. The van der Waals surface area contributed by atoms with Gasteiger partial charge in [0.25, 0.3) is 0 Å². The van der Waals surface area contributed by atoms with E-state index >= 15 is 0 Å². The fourth-order valence-corrected chi connectivity index (χ4v) is 1.55. The van der Waals surface area contributed by atoms with Gasteiger partial charge in [-0.1, -0.05) is 13.3 Å². The Balaban J connectivity index is 2.45. The number of nitroso groups, excluding NO2 is 1. The van der Waals surface area contributed by atoms with E-state index in [0.717, 1.165) is 18.7 Å². The molecule has 16 heavy (non-hydrogen) atoms. The molecule has 1 heterocycles. The standard InChI is InChI=1S/C11H19N3O2/c1-4-5-10(2)16-9-14-7-6-13(3)11(14)8-12-15/h6-8,10H,4-5,9H2,1-3H3/b11-8-. The Labute approximate surface area is 96.3 Å². The van der Waals surface area contributed by atoms with Crippen LogP contribution in [0.2, 0.25) is 0 Å². The lowest BCUT2D eigenvalue weighted by Crippen LogP contribution is -2.25. The van der Waals surface area contributed by atoms with Gasteiger partial charge >= 0.3 is 0 Å². The summed E-state index contributed by atoms with van der Waals surface area (Å²) < 4.78 is 5.65. The van der Waals surface area contributed by atoms with Gasteiger partial charge in [0.15, 0.2) is 0 Å². The molecule has 5 heteroatoms. The maximum absolute atomic E-state index is 10.2. The number of hydrogen-bond donors (Lipinski definition) is 0. The van der Waals surface area contributed by atoms with Crippen LogP contribution in [0.1, 0.15) is 26.7 Å². The van der Waals surface area contributed by atoms with Crippen LogP contribution in [0.4, 0.5) is 0 Å². The Bertz CT molecular complexity index is 289. The van der Waals surface area contributed by atoms with Crippen molar-refractivity contribution in [2.75, 3.05) is 13.8 Å². The molecule has 0 bridgehead atoms. The van der Waals surface area contributed by atoms with Gasteiger partial charge in [0.05, 0.1) is 6.10 Å². The monoisotopic (exact) mass is 225 g/mol. The average Bonchev–Trinajstić information content (AvgIpc) is 2.59. The van der Waals surface area contributed by atoms with E-state index in [1.165, 1.54) is 6.20 Å². The van der Waals surface area contributed by atoms with Crippen molar-refractivity contribution in [1.29, 1.82) is 0 Å². The predicted molar refractivity (Wildman–Crippen MR) is 62.9 cm³/mol. The zero-order chi connectivity index (χ0) is 12.0. The first kappa shape index (κ1) is 12.7. The summed E-state index contributed by atoms with van der Waals surface area (Å²) in [5, 5.41) is 2.79. The molecule has 0 amide bonds. The van der Waals surface area contributed by atoms with E-state index < -0.39 is 0 Å². The summed E-state index contributed by atoms with van der Waals surface area (Å²) in [5.41, 5.74) is 0. The Hall–Kier alpha value is -1.36. The van der Waals surface area contributed by atoms with Crippen LogP contribution in [0.5, 0.6) is 0 Å². The molecule has 0 aromatic rings.